The lowest BCUT2D eigenvalue weighted by Gasteiger charge is -2.06. The number of carbonyl (C=O) groups excluding carboxylic acids is 1. The minimum Gasteiger partial charge on any atom is -0.320 e. The zero-order valence-corrected chi connectivity index (χ0v) is 11.4. The maximum absolute atomic E-state index is 11.9. The molecule has 0 aromatic carbocycles. The molecular formula is C12H18N6O. The van der Waals surface area contributed by atoms with Gasteiger partial charge in [0.05, 0.1) is 5.69 Å². The van der Waals surface area contributed by atoms with E-state index in [1.54, 1.807) is 21.9 Å². The van der Waals surface area contributed by atoms with Gasteiger partial charge in [0.1, 0.15) is 18.5 Å². The summed E-state index contributed by atoms with van der Waals surface area (Å²) in [6, 6.07) is 0. The van der Waals surface area contributed by atoms with Crippen LogP contribution in [0.25, 0.3) is 0 Å². The third-order valence-electron chi connectivity index (χ3n) is 3.04. The highest BCUT2D eigenvalue weighted by molar-refractivity contribution is 5.90. The molecule has 0 aliphatic carbocycles. The molecular weight excluding hydrogens is 244 g/mol. The minimum absolute atomic E-state index is 0.0394. The standard InChI is InChI=1S/C12H18N6O/c1-4-10-9(2)12(17(3)16-10)15-11(19)5-6-18-7-13-14-8-18/h7-8H,4-6H2,1-3H3,(H,15,19). The number of nitrogens with zero attached hydrogens (tertiary/aromatic N) is 5. The maximum Gasteiger partial charge on any atom is 0.227 e. The van der Waals surface area contributed by atoms with Gasteiger partial charge >= 0.3 is 0 Å². The fourth-order valence-electron chi connectivity index (χ4n) is 1.96. The van der Waals surface area contributed by atoms with Crippen molar-refractivity contribution in [3.8, 4) is 0 Å². The Balaban J connectivity index is 1.97. The van der Waals surface area contributed by atoms with Crippen molar-refractivity contribution in [2.24, 2.45) is 7.05 Å². The number of amides is 1. The van der Waals surface area contributed by atoms with Gasteiger partial charge in [0.25, 0.3) is 0 Å². The average molecular weight is 262 g/mol. The van der Waals surface area contributed by atoms with Crippen LogP contribution in [0, 0.1) is 6.92 Å². The average Bonchev–Trinajstić information content (AvgIpc) is 2.99. The second-order valence-electron chi connectivity index (χ2n) is 4.40. The molecule has 0 atom stereocenters. The van der Waals surface area contributed by atoms with Crippen LogP contribution in [0.3, 0.4) is 0 Å². The van der Waals surface area contributed by atoms with Gasteiger partial charge in [0.15, 0.2) is 0 Å². The second-order valence-corrected chi connectivity index (χ2v) is 4.40. The van der Waals surface area contributed by atoms with Gasteiger partial charge < -0.3 is 9.88 Å². The Hall–Kier alpha value is -2.18. The predicted molar refractivity (Wildman–Crippen MR) is 70.6 cm³/mol. The van der Waals surface area contributed by atoms with E-state index in [-0.39, 0.29) is 5.91 Å². The largest absolute Gasteiger partial charge is 0.320 e. The first-order valence-electron chi connectivity index (χ1n) is 6.26. The summed E-state index contributed by atoms with van der Waals surface area (Å²) in [6.45, 7) is 4.59. The summed E-state index contributed by atoms with van der Waals surface area (Å²) in [4.78, 5) is 11.9. The lowest BCUT2D eigenvalue weighted by molar-refractivity contribution is -0.116. The molecule has 7 nitrogen and oxygen atoms in total. The van der Waals surface area contributed by atoms with Crippen LogP contribution in [-0.4, -0.2) is 30.5 Å². The molecule has 2 heterocycles. The van der Waals surface area contributed by atoms with Crippen LogP contribution in [-0.2, 0) is 24.8 Å². The molecule has 1 amide bonds. The second kappa shape index (κ2) is 5.64. The molecule has 2 aromatic heterocycles. The van der Waals surface area contributed by atoms with E-state index in [0.717, 1.165) is 23.5 Å². The van der Waals surface area contributed by atoms with Gasteiger partial charge in [-0.1, -0.05) is 6.92 Å². The van der Waals surface area contributed by atoms with Gasteiger partial charge in [-0.2, -0.15) is 5.10 Å². The molecule has 0 spiro atoms. The maximum atomic E-state index is 11.9. The Morgan fingerprint density at radius 2 is 2.05 bits per heavy atom. The van der Waals surface area contributed by atoms with E-state index in [1.165, 1.54) is 0 Å². The fourth-order valence-corrected chi connectivity index (χ4v) is 1.96. The van der Waals surface area contributed by atoms with Gasteiger partial charge in [0, 0.05) is 25.6 Å². The molecule has 0 aliphatic rings. The molecule has 0 saturated carbocycles. The number of rotatable bonds is 5. The summed E-state index contributed by atoms with van der Waals surface area (Å²) in [5, 5.41) is 14.7. The zero-order valence-electron chi connectivity index (χ0n) is 11.4. The summed E-state index contributed by atoms with van der Waals surface area (Å²) < 4.78 is 3.48. The SMILES string of the molecule is CCc1nn(C)c(NC(=O)CCn2cnnc2)c1C. The topological polar surface area (TPSA) is 77.6 Å². The third kappa shape index (κ3) is 2.98. The number of nitrogens with one attached hydrogen (secondary N) is 1. The van der Waals surface area contributed by atoms with E-state index >= 15 is 0 Å². The first-order valence-corrected chi connectivity index (χ1v) is 6.26. The predicted octanol–water partition coefficient (Wildman–Crippen LogP) is 0.911. The molecule has 0 bridgehead atoms. The fraction of sp³-hybridized carbons (Fsp3) is 0.500. The number of hydrogen-bond acceptors (Lipinski definition) is 4. The van der Waals surface area contributed by atoms with Crippen molar-refractivity contribution in [1.82, 2.24) is 24.5 Å². The smallest absolute Gasteiger partial charge is 0.227 e. The molecule has 1 N–H and O–H groups in total. The quantitative estimate of drug-likeness (QED) is 0.868. The number of aromatic nitrogens is 5. The van der Waals surface area contributed by atoms with Crippen LogP contribution < -0.4 is 5.32 Å². The van der Waals surface area contributed by atoms with E-state index in [4.69, 9.17) is 0 Å². The Labute approximate surface area is 111 Å². The van der Waals surface area contributed by atoms with Gasteiger partial charge in [0.2, 0.25) is 5.91 Å². The molecule has 19 heavy (non-hydrogen) atoms. The van der Waals surface area contributed by atoms with Crippen molar-refractivity contribution < 1.29 is 4.79 Å². The first-order chi connectivity index (χ1) is 9.11. The number of hydrogen-bond donors (Lipinski definition) is 1. The summed E-state index contributed by atoms with van der Waals surface area (Å²) in [7, 11) is 1.83. The highest BCUT2D eigenvalue weighted by atomic mass is 16.1. The van der Waals surface area contributed by atoms with Gasteiger partial charge in [-0.25, -0.2) is 0 Å². The van der Waals surface area contributed by atoms with Crippen LogP contribution in [0.1, 0.15) is 24.6 Å². The van der Waals surface area contributed by atoms with Gasteiger partial charge in [-0.15, -0.1) is 10.2 Å². The summed E-state index contributed by atoms with van der Waals surface area (Å²) in [5.74, 6) is 0.730. The molecule has 102 valence electrons. The van der Waals surface area contributed by atoms with E-state index < -0.39 is 0 Å². The van der Waals surface area contributed by atoms with Gasteiger partial charge in [-0.3, -0.25) is 9.48 Å². The van der Waals surface area contributed by atoms with Crippen LogP contribution in [0.2, 0.25) is 0 Å². The number of carbonyl (C=O) groups is 1. The van der Waals surface area contributed by atoms with Crippen molar-refractivity contribution >= 4 is 11.7 Å². The van der Waals surface area contributed by atoms with Crippen LogP contribution in [0.15, 0.2) is 12.7 Å². The lowest BCUT2D eigenvalue weighted by atomic mass is 10.2. The first kappa shape index (κ1) is 13.3. The third-order valence-corrected chi connectivity index (χ3v) is 3.04. The Bertz CT molecular complexity index is 557. The summed E-state index contributed by atoms with van der Waals surface area (Å²) >= 11 is 0. The number of aryl methyl sites for hydroxylation is 3. The van der Waals surface area contributed by atoms with Gasteiger partial charge in [-0.05, 0) is 13.3 Å². The van der Waals surface area contributed by atoms with E-state index in [0.29, 0.717) is 13.0 Å². The zero-order chi connectivity index (χ0) is 13.8. The minimum atomic E-state index is -0.0394. The molecule has 2 aromatic rings. The van der Waals surface area contributed by atoms with E-state index in [2.05, 4.69) is 20.6 Å². The number of anilines is 1. The van der Waals surface area contributed by atoms with E-state index in [1.807, 2.05) is 20.9 Å². The molecule has 0 fully saturated rings. The summed E-state index contributed by atoms with van der Waals surface area (Å²) in [6.07, 6.45) is 4.43. The monoisotopic (exact) mass is 262 g/mol. The van der Waals surface area contributed by atoms with Crippen molar-refractivity contribution in [1.29, 1.82) is 0 Å². The Morgan fingerprint density at radius 1 is 1.37 bits per heavy atom. The van der Waals surface area contributed by atoms with Crippen molar-refractivity contribution in [2.45, 2.75) is 33.2 Å². The summed E-state index contributed by atoms with van der Waals surface area (Å²) in [5.41, 5.74) is 2.04. The molecule has 2 rings (SSSR count). The molecule has 0 aliphatic heterocycles. The van der Waals surface area contributed by atoms with Crippen LogP contribution in [0.4, 0.5) is 5.82 Å². The molecule has 0 unspecified atom stereocenters. The highest BCUT2D eigenvalue weighted by Gasteiger charge is 2.13. The van der Waals surface area contributed by atoms with E-state index in [9.17, 15) is 4.79 Å². The molecule has 7 heteroatoms. The Kier molecular flexibility index (Phi) is 3.94. The normalized spacial score (nSPS) is 10.7. The highest BCUT2D eigenvalue weighted by Crippen LogP contribution is 2.18. The van der Waals surface area contributed by atoms with Crippen LogP contribution >= 0.6 is 0 Å². The molecule has 0 saturated heterocycles. The Morgan fingerprint density at radius 3 is 2.63 bits per heavy atom. The molecule has 0 radical (unpaired) electrons. The van der Waals surface area contributed by atoms with Crippen molar-refractivity contribution in [3.05, 3.63) is 23.9 Å². The van der Waals surface area contributed by atoms with Crippen molar-refractivity contribution in [3.63, 3.8) is 0 Å². The van der Waals surface area contributed by atoms with Crippen molar-refractivity contribution in [2.75, 3.05) is 5.32 Å². The van der Waals surface area contributed by atoms with Crippen LogP contribution in [0.5, 0.6) is 0 Å². The lowest BCUT2D eigenvalue weighted by Crippen LogP contribution is -2.16.